The summed E-state index contributed by atoms with van der Waals surface area (Å²) < 4.78 is 2.21. The van der Waals surface area contributed by atoms with Crippen LogP contribution < -0.4 is 10.6 Å². The molecule has 0 aliphatic carbocycles. The van der Waals surface area contributed by atoms with Crippen LogP contribution in [-0.2, 0) is 6.42 Å². The van der Waals surface area contributed by atoms with Gasteiger partial charge in [0.15, 0.2) is 10.8 Å². The Labute approximate surface area is 124 Å². The average molecular weight is 292 g/mol. The third kappa shape index (κ3) is 2.23. The number of anilines is 1. The molecule has 0 amide bonds. The molecule has 3 unspecified atom stereocenters. The maximum Gasteiger partial charge on any atom is 0.195 e. The lowest BCUT2D eigenvalue weighted by Crippen LogP contribution is -2.46. The Hall–Kier alpha value is -1.07. The fourth-order valence-corrected chi connectivity index (χ4v) is 4.14. The summed E-state index contributed by atoms with van der Waals surface area (Å²) >= 11 is 1.70. The van der Waals surface area contributed by atoms with E-state index < -0.39 is 0 Å². The highest BCUT2D eigenvalue weighted by Crippen LogP contribution is 2.34. The van der Waals surface area contributed by atoms with Crippen LogP contribution in [0.15, 0.2) is 11.6 Å². The van der Waals surface area contributed by atoms with Gasteiger partial charge in [-0.3, -0.25) is 4.40 Å². The van der Waals surface area contributed by atoms with Crippen LogP contribution in [0.25, 0.3) is 4.96 Å². The second-order valence-electron chi connectivity index (χ2n) is 6.19. The molecule has 110 valence electrons. The molecule has 0 aromatic carbocycles. The monoisotopic (exact) mass is 292 g/mol. The minimum atomic E-state index is 0.548. The standard InChI is InChI=1S/C15H24N4S/c1-10-8-11(2)12(3)19(9-10)14-13(4-5-16)18-6-7-20-15(18)17-14/h6-7,10-12H,4-5,8-9,16H2,1-3H3. The molecule has 2 N–H and O–H groups in total. The third-order valence-corrected chi connectivity index (χ3v) is 5.35. The van der Waals surface area contributed by atoms with E-state index in [2.05, 4.69) is 41.6 Å². The molecule has 0 spiro atoms. The van der Waals surface area contributed by atoms with E-state index in [0.717, 1.165) is 29.7 Å². The van der Waals surface area contributed by atoms with E-state index in [-0.39, 0.29) is 0 Å². The fourth-order valence-electron chi connectivity index (χ4n) is 3.41. The van der Waals surface area contributed by atoms with Crippen molar-refractivity contribution >= 4 is 22.1 Å². The lowest BCUT2D eigenvalue weighted by atomic mass is 9.86. The van der Waals surface area contributed by atoms with Gasteiger partial charge < -0.3 is 10.6 Å². The predicted molar refractivity (Wildman–Crippen MR) is 85.6 cm³/mol. The van der Waals surface area contributed by atoms with Gasteiger partial charge in [0.1, 0.15) is 0 Å². The maximum absolute atomic E-state index is 5.81. The molecule has 1 aliphatic rings. The molecule has 2 aromatic rings. The van der Waals surface area contributed by atoms with Crippen molar-refractivity contribution in [1.29, 1.82) is 0 Å². The predicted octanol–water partition coefficient (Wildman–Crippen LogP) is 2.77. The zero-order chi connectivity index (χ0) is 14.3. The Balaban J connectivity index is 2.03. The Morgan fingerprint density at radius 3 is 2.95 bits per heavy atom. The summed E-state index contributed by atoms with van der Waals surface area (Å²) in [5, 5.41) is 2.09. The largest absolute Gasteiger partial charge is 0.352 e. The lowest BCUT2D eigenvalue weighted by molar-refractivity contribution is 0.295. The first-order chi connectivity index (χ1) is 9.61. The van der Waals surface area contributed by atoms with Crippen molar-refractivity contribution in [1.82, 2.24) is 9.38 Å². The minimum Gasteiger partial charge on any atom is -0.352 e. The van der Waals surface area contributed by atoms with E-state index in [0.29, 0.717) is 18.5 Å². The summed E-state index contributed by atoms with van der Waals surface area (Å²) in [4.78, 5) is 8.47. The fraction of sp³-hybridized carbons (Fsp3) is 0.667. The van der Waals surface area contributed by atoms with Crippen LogP contribution >= 0.6 is 11.3 Å². The molecule has 4 nitrogen and oxygen atoms in total. The number of piperidine rings is 1. The van der Waals surface area contributed by atoms with Crippen molar-refractivity contribution in [3.8, 4) is 0 Å². The Bertz CT molecular complexity index is 588. The van der Waals surface area contributed by atoms with Gasteiger partial charge in [0.25, 0.3) is 0 Å². The van der Waals surface area contributed by atoms with E-state index >= 15 is 0 Å². The highest BCUT2D eigenvalue weighted by atomic mass is 32.1. The molecule has 1 saturated heterocycles. The van der Waals surface area contributed by atoms with Crippen molar-refractivity contribution in [3.05, 3.63) is 17.3 Å². The van der Waals surface area contributed by atoms with Gasteiger partial charge in [-0.2, -0.15) is 0 Å². The topological polar surface area (TPSA) is 46.6 Å². The summed E-state index contributed by atoms with van der Waals surface area (Å²) in [6.07, 6.45) is 4.31. The number of fused-ring (bicyclic) bond motifs is 1. The van der Waals surface area contributed by atoms with Crippen molar-refractivity contribution in [3.63, 3.8) is 0 Å². The van der Waals surface area contributed by atoms with Crippen molar-refractivity contribution in [2.24, 2.45) is 17.6 Å². The average Bonchev–Trinajstić information content (AvgIpc) is 2.97. The number of thiazole rings is 1. The van der Waals surface area contributed by atoms with Gasteiger partial charge in [-0.05, 0) is 31.7 Å². The molecule has 3 atom stereocenters. The molecule has 3 rings (SSSR count). The SMILES string of the molecule is CC1CC(C)C(C)N(c2nc3sccn3c2CCN)C1. The van der Waals surface area contributed by atoms with Crippen LogP contribution in [0.1, 0.15) is 32.9 Å². The van der Waals surface area contributed by atoms with Gasteiger partial charge in [0.2, 0.25) is 0 Å². The quantitative estimate of drug-likeness (QED) is 0.946. The van der Waals surface area contributed by atoms with Crippen molar-refractivity contribution in [2.45, 2.75) is 39.7 Å². The Kier molecular flexibility index (Phi) is 3.73. The van der Waals surface area contributed by atoms with Crippen LogP contribution in [-0.4, -0.2) is 28.5 Å². The minimum absolute atomic E-state index is 0.548. The summed E-state index contributed by atoms with van der Waals surface area (Å²) in [6, 6.07) is 0.548. The summed E-state index contributed by atoms with van der Waals surface area (Å²) in [5.41, 5.74) is 7.09. The normalized spacial score (nSPS) is 27.4. The first-order valence-electron chi connectivity index (χ1n) is 7.53. The molecule has 1 aliphatic heterocycles. The number of hydrogen-bond acceptors (Lipinski definition) is 4. The number of aromatic nitrogens is 2. The number of nitrogens with two attached hydrogens (primary N) is 1. The summed E-state index contributed by atoms with van der Waals surface area (Å²) in [6.45, 7) is 8.80. The lowest BCUT2D eigenvalue weighted by Gasteiger charge is -2.41. The zero-order valence-corrected chi connectivity index (χ0v) is 13.4. The van der Waals surface area contributed by atoms with E-state index in [1.165, 1.54) is 12.1 Å². The zero-order valence-electron chi connectivity index (χ0n) is 12.5. The van der Waals surface area contributed by atoms with Crippen LogP contribution in [0.4, 0.5) is 5.82 Å². The van der Waals surface area contributed by atoms with Gasteiger partial charge in [-0.25, -0.2) is 4.98 Å². The van der Waals surface area contributed by atoms with E-state index in [1.807, 2.05) is 0 Å². The summed E-state index contributed by atoms with van der Waals surface area (Å²) in [5.74, 6) is 2.60. The van der Waals surface area contributed by atoms with Crippen LogP contribution in [0.5, 0.6) is 0 Å². The highest BCUT2D eigenvalue weighted by Gasteiger charge is 2.32. The molecular weight excluding hydrogens is 268 g/mol. The Morgan fingerprint density at radius 1 is 1.40 bits per heavy atom. The molecule has 0 radical (unpaired) electrons. The van der Waals surface area contributed by atoms with Crippen LogP contribution in [0, 0.1) is 11.8 Å². The first kappa shape index (κ1) is 13.9. The molecular formula is C15H24N4S. The van der Waals surface area contributed by atoms with Gasteiger partial charge >= 0.3 is 0 Å². The van der Waals surface area contributed by atoms with Crippen molar-refractivity contribution < 1.29 is 0 Å². The van der Waals surface area contributed by atoms with E-state index in [1.54, 1.807) is 11.3 Å². The molecule has 0 saturated carbocycles. The molecule has 0 bridgehead atoms. The summed E-state index contributed by atoms with van der Waals surface area (Å²) in [7, 11) is 0. The second-order valence-corrected chi connectivity index (χ2v) is 7.06. The number of hydrogen-bond donors (Lipinski definition) is 1. The number of nitrogens with zero attached hydrogens (tertiary/aromatic N) is 3. The number of imidazole rings is 1. The highest BCUT2D eigenvalue weighted by molar-refractivity contribution is 7.15. The Morgan fingerprint density at radius 2 is 2.20 bits per heavy atom. The van der Waals surface area contributed by atoms with E-state index in [4.69, 9.17) is 10.7 Å². The molecule has 20 heavy (non-hydrogen) atoms. The van der Waals surface area contributed by atoms with Crippen molar-refractivity contribution in [2.75, 3.05) is 18.0 Å². The van der Waals surface area contributed by atoms with Gasteiger partial charge in [-0.15, -0.1) is 11.3 Å². The van der Waals surface area contributed by atoms with Gasteiger partial charge in [0.05, 0.1) is 5.69 Å². The van der Waals surface area contributed by atoms with E-state index in [9.17, 15) is 0 Å². The number of rotatable bonds is 3. The van der Waals surface area contributed by atoms with Gasteiger partial charge in [0, 0.05) is 30.6 Å². The van der Waals surface area contributed by atoms with Crippen LogP contribution in [0.2, 0.25) is 0 Å². The molecule has 2 aromatic heterocycles. The van der Waals surface area contributed by atoms with Gasteiger partial charge in [-0.1, -0.05) is 13.8 Å². The third-order valence-electron chi connectivity index (χ3n) is 4.59. The molecule has 1 fully saturated rings. The van der Waals surface area contributed by atoms with Crippen LogP contribution in [0.3, 0.4) is 0 Å². The first-order valence-corrected chi connectivity index (χ1v) is 8.41. The molecule has 5 heteroatoms. The smallest absolute Gasteiger partial charge is 0.195 e. The second kappa shape index (κ2) is 5.37. The maximum atomic E-state index is 5.81. The molecule has 3 heterocycles.